The second-order valence-electron chi connectivity index (χ2n) is 6.45. The van der Waals surface area contributed by atoms with Crippen molar-refractivity contribution in [3.05, 3.63) is 18.2 Å². The van der Waals surface area contributed by atoms with Gasteiger partial charge >= 0.3 is 0 Å². The molecule has 6 heteroatoms. The lowest BCUT2D eigenvalue weighted by atomic mass is 9.96. The Morgan fingerprint density at radius 3 is 2.58 bits per heavy atom. The Kier molecular flexibility index (Phi) is 4.92. The van der Waals surface area contributed by atoms with E-state index in [4.69, 9.17) is 9.47 Å². The molecule has 130 valence electrons. The number of amides is 2. The summed E-state index contributed by atoms with van der Waals surface area (Å²) in [4.78, 5) is 26.7. The monoisotopic (exact) mass is 332 g/mol. The Morgan fingerprint density at radius 1 is 1.12 bits per heavy atom. The number of carbonyl (C=O) groups excluding carboxylic acids is 2. The molecule has 1 aromatic carbocycles. The van der Waals surface area contributed by atoms with Gasteiger partial charge in [-0.3, -0.25) is 9.59 Å². The first-order valence-electron chi connectivity index (χ1n) is 8.44. The number of methoxy groups -OCH3 is 2. The van der Waals surface area contributed by atoms with E-state index >= 15 is 0 Å². The van der Waals surface area contributed by atoms with Crippen LogP contribution in [-0.4, -0.2) is 44.0 Å². The average Bonchev–Trinajstić information content (AvgIpc) is 3.46. The molecule has 0 radical (unpaired) electrons. The molecule has 1 saturated heterocycles. The molecule has 1 atom stereocenters. The maximum absolute atomic E-state index is 12.6. The van der Waals surface area contributed by atoms with Crippen LogP contribution in [0, 0.1) is 11.8 Å². The predicted molar refractivity (Wildman–Crippen MR) is 90.2 cm³/mol. The number of carbonyl (C=O) groups is 2. The van der Waals surface area contributed by atoms with Gasteiger partial charge in [0.05, 0.1) is 25.8 Å². The van der Waals surface area contributed by atoms with Crippen LogP contribution in [0.4, 0.5) is 5.69 Å². The molecule has 1 saturated carbocycles. The average molecular weight is 332 g/mol. The predicted octanol–water partition coefficient (Wildman–Crippen LogP) is 2.29. The zero-order chi connectivity index (χ0) is 17.1. The fourth-order valence-corrected chi connectivity index (χ4v) is 3.13. The number of benzene rings is 1. The summed E-state index contributed by atoms with van der Waals surface area (Å²) in [7, 11) is 3.14. The topological polar surface area (TPSA) is 67.9 Å². The Labute approximate surface area is 142 Å². The van der Waals surface area contributed by atoms with E-state index in [2.05, 4.69) is 5.32 Å². The Bertz CT molecular complexity index is 627. The number of likely N-dealkylation sites (tertiary alicyclic amines) is 1. The van der Waals surface area contributed by atoms with Gasteiger partial charge < -0.3 is 19.7 Å². The molecule has 0 spiro atoms. The molecule has 2 fully saturated rings. The summed E-state index contributed by atoms with van der Waals surface area (Å²) in [6.45, 7) is 1.27. The van der Waals surface area contributed by atoms with Gasteiger partial charge in [-0.2, -0.15) is 0 Å². The maximum Gasteiger partial charge on any atom is 0.229 e. The van der Waals surface area contributed by atoms with Crippen molar-refractivity contribution < 1.29 is 19.1 Å². The van der Waals surface area contributed by atoms with Crippen molar-refractivity contribution >= 4 is 17.5 Å². The van der Waals surface area contributed by atoms with E-state index < -0.39 is 0 Å². The van der Waals surface area contributed by atoms with Crippen LogP contribution in [0.2, 0.25) is 0 Å². The number of rotatable bonds is 5. The van der Waals surface area contributed by atoms with Crippen LogP contribution in [0.1, 0.15) is 25.7 Å². The Hall–Kier alpha value is -2.24. The molecular formula is C18H24N2O4. The highest BCUT2D eigenvalue weighted by Crippen LogP contribution is 2.33. The van der Waals surface area contributed by atoms with Crippen LogP contribution < -0.4 is 14.8 Å². The van der Waals surface area contributed by atoms with Crippen LogP contribution in [0.25, 0.3) is 0 Å². The van der Waals surface area contributed by atoms with Crippen LogP contribution in [0.5, 0.6) is 11.5 Å². The Balaban J connectivity index is 1.66. The van der Waals surface area contributed by atoms with Gasteiger partial charge in [0.25, 0.3) is 0 Å². The summed E-state index contributed by atoms with van der Waals surface area (Å²) in [5.41, 5.74) is 0.590. The third-order valence-electron chi connectivity index (χ3n) is 4.69. The van der Waals surface area contributed by atoms with Gasteiger partial charge in [-0.25, -0.2) is 0 Å². The standard InChI is InChI=1S/C18H24N2O4/c1-23-14-7-8-16(24-2)15(10-14)19-17(21)13-4-3-9-20(11-13)18(22)12-5-6-12/h7-8,10,12-13H,3-6,9,11H2,1-2H3,(H,19,21)/t13-/m1/s1. The number of ether oxygens (including phenoxy) is 2. The summed E-state index contributed by atoms with van der Waals surface area (Å²) >= 11 is 0. The molecule has 3 rings (SSSR count). The third-order valence-corrected chi connectivity index (χ3v) is 4.69. The third kappa shape index (κ3) is 3.63. The molecule has 1 heterocycles. The van der Waals surface area contributed by atoms with E-state index in [1.54, 1.807) is 32.4 Å². The first-order chi connectivity index (χ1) is 11.6. The molecule has 0 unspecified atom stereocenters. The molecule has 24 heavy (non-hydrogen) atoms. The van der Waals surface area contributed by atoms with Gasteiger partial charge in [0, 0.05) is 25.1 Å². The van der Waals surface area contributed by atoms with Crippen molar-refractivity contribution in [3.63, 3.8) is 0 Å². The molecule has 0 aromatic heterocycles. The van der Waals surface area contributed by atoms with Crippen molar-refractivity contribution in [2.24, 2.45) is 11.8 Å². The van der Waals surface area contributed by atoms with Crippen LogP contribution in [-0.2, 0) is 9.59 Å². The maximum atomic E-state index is 12.6. The summed E-state index contributed by atoms with van der Waals surface area (Å²) in [6.07, 6.45) is 3.65. The fourth-order valence-electron chi connectivity index (χ4n) is 3.13. The van der Waals surface area contributed by atoms with Crippen LogP contribution in [0.3, 0.4) is 0 Å². The van der Waals surface area contributed by atoms with Crippen molar-refractivity contribution in [3.8, 4) is 11.5 Å². The fraction of sp³-hybridized carbons (Fsp3) is 0.556. The molecule has 1 aliphatic carbocycles. The van der Waals surface area contributed by atoms with E-state index in [0.29, 0.717) is 23.7 Å². The van der Waals surface area contributed by atoms with Gasteiger partial charge in [0.1, 0.15) is 11.5 Å². The quantitative estimate of drug-likeness (QED) is 0.898. The zero-order valence-corrected chi connectivity index (χ0v) is 14.2. The van der Waals surface area contributed by atoms with Crippen molar-refractivity contribution in [1.29, 1.82) is 0 Å². The minimum absolute atomic E-state index is 0.0742. The molecule has 2 aliphatic rings. The SMILES string of the molecule is COc1ccc(OC)c(NC(=O)[C@@H]2CCCN(C(=O)C3CC3)C2)c1. The lowest BCUT2D eigenvalue weighted by Gasteiger charge is -2.32. The smallest absolute Gasteiger partial charge is 0.229 e. The minimum Gasteiger partial charge on any atom is -0.497 e. The number of piperidine rings is 1. The second kappa shape index (κ2) is 7.11. The van der Waals surface area contributed by atoms with Gasteiger partial charge in [-0.05, 0) is 37.8 Å². The van der Waals surface area contributed by atoms with Crippen molar-refractivity contribution in [1.82, 2.24) is 4.90 Å². The minimum atomic E-state index is -0.183. The molecule has 6 nitrogen and oxygen atoms in total. The summed E-state index contributed by atoms with van der Waals surface area (Å²) in [6, 6.07) is 5.29. The molecule has 1 N–H and O–H groups in total. The Morgan fingerprint density at radius 2 is 1.92 bits per heavy atom. The van der Waals surface area contributed by atoms with E-state index in [9.17, 15) is 9.59 Å². The zero-order valence-electron chi connectivity index (χ0n) is 14.2. The number of anilines is 1. The van der Waals surface area contributed by atoms with Gasteiger partial charge in [0.15, 0.2) is 0 Å². The van der Waals surface area contributed by atoms with Crippen LogP contribution in [0.15, 0.2) is 18.2 Å². The molecule has 1 aliphatic heterocycles. The second-order valence-corrected chi connectivity index (χ2v) is 6.45. The van der Waals surface area contributed by atoms with Crippen molar-refractivity contribution in [2.75, 3.05) is 32.6 Å². The first kappa shape index (κ1) is 16.6. The number of nitrogens with zero attached hydrogens (tertiary/aromatic N) is 1. The van der Waals surface area contributed by atoms with Gasteiger partial charge in [-0.1, -0.05) is 0 Å². The van der Waals surface area contributed by atoms with E-state index in [1.807, 2.05) is 4.90 Å². The summed E-state index contributed by atoms with van der Waals surface area (Å²) < 4.78 is 10.5. The lowest BCUT2D eigenvalue weighted by molar-refractivity contribution is -0.135. The van der Waals surface area contributed by atoms with Gasteiger partial charge in [-0.15, -0.1) is 0 Å². The van der Waals surface area contributed by atoms with Crippen LogP contribution >= 0.6 is 0 Å². The highest BCUT2D eigenvalue weighted by molar-refractivity contribution is 5.95. The summed E-state index contributed by atoms with van der Waals surface area (Å²) in [5, 5.41) is 2.93. The highest BCUT2D eigenvalue weighted by atomic mass is 16.5. The van der Waals surface area contributed by atoms with E-state index in [0.717, 1.165) is 32.2 Å². The molecular weight excluding hydrogens is 308 g/mol. The number of hydrogen-bond donors (Lipinski definition) is 1. The lowest BCUT2D eigenvalue weighted by Crippen LogP contribution is -2.44. The summed E-state index contributed by atoms with van der Waals surface area (Å²) in [5.74, 6) is 1.40. The molecule has 0 bridgehead atoms. The number of nitrogens with one attached hydrogen (secondary N) is 1. The molecule has 1 aromatic rings. The van der Waals surface area contributed by atoms with Crippen molar-refractivity contribution in [2.45, 2.75) is 25.7 Å². The van der Waals surface area contributed by atoms with Gasteiger partial charge in [0.2, 0.25) is 11.8 Å². The highest BCUT2D eigenvalue weighted by Gasteiger charge is 2.36. The normalized spacial score (nSPS) is 20.4. The van der Waals surface area contributed by atoms with E-state index in [1.165, 1.54) is 0 Å². The number of hydrogen-bond acceptors (Lipinski definition) is 4. The molecule has 2 amide bonds. The largest absolute Gasteiger partial charge is 0.497 e. The van der Waals surface area contributed by atoms with E-state index in [-0.39, 0.29) is 23.7 Å². The first-order valence-corrected chi connectivity index (χ1v) is 8.44.